The van der Waals surface area contributed by atoms with Crippen molar-refractivity contribution >= 4 is 17.5 Å². The van der Waals surface area contributed by atoms with Gasteiger partial charge in [-0.3, -0.25) is 9.89 Å². The molecule has 1 aliphatic rings. The van der Waals surface area contributed by atoms with Crippen LogP contribution in [-0.2, 0) is 13.0 Å². The molecule has 6 rings (SSSR count). The molecule has 8 heteroatoms. The van der Waals surface area contributed by atoms with Gasteiger partial charge in [-0.05, 0) is 65.6 Å². The van der Waals surface area contributed by atoms with Gasteiger partial charge in [0.1, 0.15) is 35.2 Å². The molecule has 0 spiro atoms. The first-order valence-corrected chi connectivity index (χ1v) is 13.7. The summed E-state index contributed by atoms with van der Waals surface area (Å²) in [5, 5.41) is 18.6. The summed E-state index contributed by atoms with van der Waals surface area (Å²) in [5.74, 6) is 1.35. The fourth-order valence-corrected chi connectivity index (χ4v) is 5.41. The lowest BCUT2D eigenvalue weighted by atomic mass is 9.95. The monoisotopic (exact) mass is 565 g/mol. The summed E-state index contributed by atoms with van der Waals surface area (Å²) in [6.45, 7) is 0.891. The zero-order valence-electron chi connectivity index (χ0n) is 22.4. The number of ether oxygens (including phenoxy) is 2. The Morgan fingerprint density at radius 3 is 2.51 bits per heavy atom. The number of hydrogen-bond acceptors (Lipinski definition) is 5. The molecular formula is C33H28ClN3O4. The molecule has 2 N–H and O–H groups in total. The van der Waals surface area contributed by atoms with Gasteiger partial charge in [0, 0.05) is 22.7 Å². The van der Waals surface area contributed by atoms with Gasteiger partial charge in [0.15, 0.2) is 0 Å². The van der Waals surface area contributed by atoms with E-state index in [0.29, 0.717) is 52.9 Å². The van der Waals surface area contributed by atoms with Crippen LogP contribution in [0.15, 0.2) is 97.1 Å². The van der Waals surface area contributed by atoms with Crippen LogP contribution >= 0.6 is 11.6 Å². The summed E-state index contributed by atoms with van der Waals surface area (Å²) in [5.41, 5.74) is 5.06. The third-order valence-corrected chi connectivity index (χ3v) is 7.54. The Labute approximate surface area is 242 Å². The highest BCUT2D eigenvalue weighted by atomic mass is 35.5. The Morgan fingerprint density at radius 1 is 0.927 bits per heavy atom. The molecule has 0 saturated carbocycles. The maximum Gasteiger partial charge on any atom is 0.273 e. The number of aromatic nitrogens is 2. The number of carbonyl (C=O) groups is 1. The highest BCUT2D eigenvalue weighted by Gasteiger charge is 2.42. The van der Waals surface area contributed by atoms with Crippen molar-refractivity contribution in [3.8, 4) is 28.5 Å². The summed E-state index contributed by atoms with van der Waals surface area (Å²) in [7, 11) is 1.64. The maximum atomic E-state index is 13.8. The van der Waals surface area contributed by atoms with Crippen molar-refractivity contribution in [3.63, 3.8) is 0 Å². The van der Waals surface area contributed by atoms with E-state index in [0.717, 1.165) is 22.4 Å². The van der Waals surface area contributed by atoms with Gasteiger partial charge in [-0.2, -0.15) is 5.10 Å². The molecule has 2 heterocycles. The zero-order valence-corrected chi connectivity index (χ0v) is 23.1. The van der Waals surface area contributed by atoms with Crippen molar-refractivity contribution in [3.05, 3.63) is 130 Å². The van der Waals surface area contributed by atoms with E-state index in [9.17, 15) is 9.90 Å². The number of benzene rings is 4. The van der Waals surface area contributed by atoms with Crippen molar-refractivity contribution in [2.24, 2.45) is 0 Å². The van der Waals surface area contributed by atoms with E-state index < -0.39 is 6.04 Å². The number of nitrogens with zero attached hydrogens (tertiary/aromatic N) is 2. The molecule has 0 radical (unpaired) electrons. The van der Waals surface area contributed by atoms with Crippen LogP contribution in [0.3, 0.4) is 0 Å². The summed E-state index contributed by atoms with van der Waals surface area (Å²) >= 11 is 6.29. The highest BCUT2D eigenvalue weighted by Crippen LogP contribution is 2.45. The van der Waals surface area contributed by atoms with Gasteiger partial charge in [0.25, 0.3) is 5.91 Å². The van der Waals surface area contributed by atoms with E-state index in [2.05, 4.69) is 10.2 Å². The van der Waals surface area contributed by atoms with Gasteiger partial charge < -0.3 is 19.5 Å². The number of H-pyrrole nitrogens is 1. The number of aromatic amines is 1. The number of nitrogens with one attached hydrogen (secondary N) is 1. The molecule has 5 aromatic rings. The number of phenolic OH excluding ortho intramolecular Hbond substituents is 1. The second-order valence-electron chi connectivity index (χ2n) is 9.87. The van der Waals surface area contributed by atoms with E-state index in [4.69, 9.17) is 21.1 Å². The third kappa shape index (κ3) is 5.36. The second-order valence-corrected chi connectivity index (χ2v) is 10.3. The maximum absolute atomic E-state index is 13.8. The fraction of sp³-hybridized carbons (Fsp3) is 0.152. The van der Waals surface area contributed by atoms with Crippen molar-refractivity contribution in [2.45, 2.75) is 19.1 Å². The number of aromatic hydroxyl groups is 1. The van der Waals surface area contributed by atoms with E-state index in [1.165, 1.54) is 6.07 Å². The molecule has 0 saturated heterocycles. The molecule has 0 aliphatic carbocycles. The van der Waals surface area contributed by atoms with E-state index >= 15 is 0 Å². The molecule has 1 amide bonds. The third-order valence-electron chi connectivity index (χ3n) is 7.30. The first-order chi connectivity index (χ1) is 20.0. The first-order valence-electron chi connectivity index (χ1n) is 13.3. The fourth-order valence-electron chi connectivity index (χ4n) is 5.23. The molecule has 7 nitrogen and oxygen atoms in total. The molecule has 1 aliphatic heterocycles. The summed E-state index contributed by atoms with van der Waals surface area (Å²) in [6.07, 6.45) is 0.645. The van der Waals surface area contributed by atoms with Gasteiger partial charge in [0.05, 0.1) is 13.2 Å². The molecular weight excluding hydrogens is 538 g/mol. The van der Waals surface area contributed by atoms with Gasteiger partial charge in [-0.25, -0.2) is 0 Å². The summed E-state index contributed by atoms with van der Waals surface area (Å²) < 4.78 is 11.4. The largest absolute Gasteiger partial charge is 0.507 e. The Morgan fingerprint density at radius 2 is 1.73 bits per heavy atom. The van der Waals surface area contributed by atoms with Crippen LogP contribution in [0.5, 0.6) is 17.2 Å². The van der Waals surface area contributed by atoms with E-state index in [-0.39, 0.29) is 11.7 Å². The molecule has 4 aromatic carbocycles. The van der Waals surface area contributed by atoms with Gasteiger partial charge in [0.2, 0.25) is 0 Å². The number of rotatable bonds is 9. The predicted octanol–water partition coefficient (Wildman–Crippen LogP) is 6.81. The van der Waals surface area contributed by atoms with Crippen molar-refractivity contribution < 1.29 is 19.4 Å². The quantitative estimate of drug-likeness (QED) is 0.205. The van der Waals surface area contributed by atoms with Gasteiger partial charge in [-0.15, -0.1) is 0 Å². The van der Waals surface area contributed by atoms with Crippen LogP contribution in [0.2, 0.25) is 5.02 Å². The second kappa shape index (κ2) is 11.4. The molecule has 1 atom stereocenters. The average molecular weight is 566 g/mol. The van der Waals surface area contributed by atoms with Crippen LogP contribution < -0.4 is 9.47 Å². The van der Waals surface area contributed by atoms with E-state index in [1.807, 2.05) is 83.8 Å². The lowest BCUT2D eigenvalue weighted by molar-refractivity contribution is 0.0745. The number of hydrogen-bond donors (Lipinski definition) is 2. The summed E-state index contributed by atoms with van der Waals surface area (Å²) in [6, 6.07) is 29.9. The van der Waals surface area contributed by atoms with Gasteiger partial charge >= 0.3 is 0 Å². The minimum atomic E-state index is -0.455. The van der Waals surface area contributed by atoms with Crippen LogP contribution in [0.4, 0.5) is 0 Å². The lowest BCUT2D eigenvalue weighted by Gasteiger charge is -2.27. The van der Waals surface area contributed by atoms with Crippen molar-refractivity contribution in [2.75, 3.05) is 13.7 Å². The van der Waals surface area contributed by atoms with Gasteiger partial charge in [-0.1, -0.05) is 66.2 Å². The van der Waals surface area contributed by atoms with Crippen LogP contribution in [0.25, 0.3) is 11.3 Å². The van der Waals surface area contributed by atoms with Crippen molar-refractivity contribution in [1.82, 2.24) is 15.1 Å². The number of phenols is 1. The Bertz CT molecular complexity index is 1690. The SMILES string of the molecule is COc1ccc(CCN2C(=O)c3[nH]nc(-c4cc(Cl)ccc4O)c3C2c2cccc(OCc3ccccc3)c2)cc1. The van der Waals surface area contributed by atoms with Crippen LogP contribution in [-0.4, -0.2) is 39.8 Å². The minimum Gasteiger partial charge on any atom is -0.507 e. The Hall–Kier alpha value is -4.75. The predicted molar refractivity (Wildman–Crippen MR) is 157 cm³/mol. The summed E-state index contributed by atoms with van der Waals surface area (Å²) in [4.78, 5) is 15.7. The Kier molecular flexibility index (Phi) is 7.35. The zero-order chi connectivity index (χ0) is 28.3. The number of methoxy groups -OCH3 is 1. The number of fused-ring (bicyclic) bond motifs is 1. The normalized spacial score (nSPS) is 14.2. The van der Waals surface area contributed by atoms with Crippen LogP contribution in [0, 0.1) is 0 Å². The molecule has 0 bridgehead atoms. The molecule has 206 valence electrons. The number of amides is 1. The average Bonchev–Trinajstić information content (AvgIpc) is 3.55. The topological polar surface area (TPSA) is 87.7 Å². The molecule has 41 heavy (non-hydrogen) atoms. The molecule has 1 aromatic heterocycles. The lowest BCUT2D eigenvalue weighted by Crippen LogP contribution is -2.31. The first kappa shape index (κ1) is 26.5. The molecule has 1 unspecified atom stereocenters. The molecule has 0 fully saturated rings. The smallest absolute Gasteiger partial charge is 0.273 e. The number of halogens is 1. The minimum absolute atomic E-state index is 0.0338. The standard InChI is InChI=1S/C33H28ClN3O4/c1-40-25-13-10-21(11-14-25)16-17-37-32(23-8-5-9-26(18-23)41-20-22-6-3-2-4-7-22)29-30(35-36-31(29)33(37)39)27-19-24(34)12-15-28(27)38/h2-15,18-19,32,38H,16-17,20H2,1H3,(H,35,36). The number of carbonyl (C=O) groups excluding carboxylic acids is 1. The highest BCUT2D eigenvalue weighted by molar-refractivity contribution is 6.31. The van der Waals surface area contributed by atoms with Crippen LogP contribution in [0.1, 0.15) is 38.8 Å². The van der Waals surface area contributed by atoms with E-state index in [1.54, 1.807) is 19.2 Å². The Balaban J connectivity index is 1.37. The van der Waals surface area contributed by atoms with Crippen molar-refractivity contribution in [1.29, 1.82) is 0 Å².